The summed E-state index contributed by atoms with van der Waals surface area (Å²) >= 11 is 6.64. The Morgan fingerprint density at radius 1 is 0.868 bits per heavy atom. The summed E-state index contributed by atoms with van der Waals surface area (Å²) in [4.78, 5) is 21.8. The van der Waals surface area contributed by atoms with Gasteiger partial charge in [0.1, 0.15) is 12.4 Å². The number of rotatable bonds is 14. The number of pyridine rings is 1. The van der Waals surface area contributed by atoms with Gasteiger partial charge in [0, 0.05) is 57.1 Å². The standard InChI is InChI=1S/C45H49ClN4O3/c1-32(2)39-14-16-40(17-15-39)47-22-21-35-9-11-36(12-10-35)30-49-23-25-50(26-24-49)44(51)20-13-38-27-34(4)45(42(46)28-38)53-43-19-18-41(29-48-43)52-31-37-7-5-33(3)6-8-37/h5-20,27-29,32,47H,21-26,30-31H2,1-4H3. The third kappa shape index (κ3) is 11.0. The molecule has 1 amide bonds. The second kappa shape index (κ2) is 18.1. The van der Waals surface area contributed by atoms with Crippen LogP contribution in [-0.4, -0.2) is 53.4 Å². The maximum Gasteiger partial charge on any atom is 0.246 e. The van der Waals surface area contributed by atoms with E-state index >= 15 is 0 Å². The summed E-state index contributed by atoms with van der Waals surface area (Å²) in [5, 5.41) is 3.98. The molecule has 1 N–H and O–H groups in total. The molecule has 0 bridgehead atoms. The van der Waals surface area contributed by atoms with Gasteiger partial charge in [-0.1, -0.05) is 91.7 Å². The van der Waals surface area contributed by atoms with Gasteiger partial charge in [0.05, 0.1) is 11.2 Å². The van der Waals surface area contributed by atoms with Crippen molar-refractivity contribution in [3.05, 3.63) is 153 Å². The maximum absolute atomic E-state index is 13.1. The molecule has 1 fully saturated rings. The lowest BCUT2D eigenvalue weighted by molar-refractivity contribution is -0.127. The van der Waals surface area contributed by atoms with Gasteiger partial charge < -0.3 is 19.7 Å². The number of hydrogen-bond acceptors (Lipinski definition) is 6. The van der Waals surface area contributed by atoms with Crippen LogP contribution in [0.3, 0.4) is 0 Å². The van der Waals surface area contributed by atoms with Crippen molar-refractivity contribution in [3.63, 3.8) is 0 Å². The Morgan fingerprint density at radius 2 is 1.57 bits per heavy atom. The largest absolute Gasteiger partial charge is 0.487 e. The fourth-order valence-corrected chi connectivity index (χ4v) is 6.57. The van der Waals surface area contributed by atoms with Crippen LogP contribution in [0.25, 0.3) is 6.08 Å². The molecule has 8 heteroatoms. The highest BCUT2D eigenvalue weighted by molar-refractivity contribution is 6.32. The SMILES string of the molecule is Cc1ccc(COc2ccc(Oc3c(C)cc(C=CC(=O)N4CCN(Cc5ccc(CCNc6ccc(C(C)C)cc6)cc5)CC4)cc3Cl)nc2)cc1. The number of piperazine rings is 1. The molecule has 2 heterocycles. The van der Waals surface area contributed by atoms with Crippen LogP contribution in [-0.2, 0) is 24.4 Å². The number of amides is 1. The Labute approximate surface area is 319 Å². The van der Waals surface area contributed by atoms with E-state index in [0.717, 1.165) is 55.0 Å². The van der Waals surface area contributed by atoms with Crippen LogP contribution < -0.4 is 14.8 Å². The quantitative estimate of drug-likeness (QED) is 0.115. The van der Waals surface area contributed by atoms with Crippen molar-refractivity contribution >= 4 is 29.3 Å². The van der Waals surface area contributed by atoms with Crippen LogP contribution in [0.5, 0.6) is 17.4 Å². The van der Waals surface area contributed by atoms with Crippen LogP contribution in [0.4, 0.5) is 5.69 Å². The van der Waals surface area contributed by atoms with Gasteiger partial charge in [-0.15, -0.1) is 0 Å². The Kier molecular flexibility index (Phi) is 12.8. The second-order valence-corrected chi connectivity index (χ2v) is 14.5. The van der Waals surface area contributed by atoms with E-state index < -0.39 is 0 Å². The molecule has 6 rings (SSSR count). The van der Waals surface area contributed by atoms with Gasteiger partial charge in [-0.2, -0.15) is 0 Å². The zero-order chi connectivity index (χ0) is 37.2. The van der Waals surface area contributed by atoms with Crippen LogP contribution >= 0.6 is 11.6 Å². The van der Waals surface area contributed by atoms with Crippen LogP contribution in [0.1, 0.15) is 58.7 Å². The summed E-state index contributed by atoms with van der Waals surface area (Å²) in [6, 6.07) is 33.2. The molecule has 0 radical (unpaired) electrons. The molecule has 4 aromatic carbocycles. The number of benzene rings is 4. The van der Waals surface area contributed by atoms with Crippen LogP contribution in [0.15, 0.2) is 109 Å². The van der Waals surface area contributed by atoms with Gasteiger partial charge in [0.25, 0.3) is 0 Å². The smallest absolute Gasteiger partial charge is 0.246 e. The molecule has 1 aromatic heterocycles. The molecule has 0 saturated carbocycles. The lowest BCUT2D eigenvalue weighted by Gasteiger charge is -2.34. The van der Waals surface area contributed by atoms with E-state index in [-0.39, 0.29) is 5.91 Å². The highest BCUT2D eigenvalue weighted by Crippen LogP contribution is 2.34. The predicted molar refractivity (Wildman–Crippen MR) is 216 cm³/mol. The van der Waals surface area contributed by atoms with Crippen LogP contribution in [0, 0.1) is 13.8 Å². The summed E-state index contributed by atoms with van der Waals surface area (Å²) in [5.41, 5.74) is 9.12. The molecule has 5 aromatic rings. The summed E-state index contributed by atoms with van der Waals surface area (Å²) in [5.74, 6) is 2.15. The fourth-order valence-electron chi connectivity index (χ4n) is 6.26. The number of nitrogens with zero attached hydrogens (tertiary/aromatic N) is 3. The average molecular weight is 729 g/mol. The van der Waals surface area contributed by atoms with Gasteiger partial charge in [-0.25, -0.2) is 4.98 Å². The first-order chi connectivity index (χ1) is 25.7. The Bertz CT molecular complexity index is 1940. The highest BCUT2D eigenvalue weighted by Gasteiger charge is 2.20. The molecular formula is C45H49ClN4O3. The maximum atomic E-state index is 13.1. The summed E-state index contributed by atoms with van der Waals surface area (Å²) < 4.78 is 11.9. The molecule has 53 heavy (non-hydrogen) atoms. The van der Waals surface area contributed by atoms with Crippen molar-refractivity contribution < 1.29 is 14.3 Å². The number of hydrogen-bond donors (Lipinski definition) is 1. The summed E-state index contributed by atoms with van der Waals surface area (Å²) in [6.07, 6.45) is 6.06. The van der Waals surface area contributed by atoms with Crippen molar-refractivity contribution in [1.29, 1.82) is 0 Å². The topological polar surface area (TPSA) is 66.9 Å². The first-order valence-corrected chi connectivity index (χ1v) is 18.8. The minimum absolute atomic E-state index is 0.00136. The normalized spacial score (nSPS) is 13.4. The zero-order valence-electron chi connectivity index (χ0n) is 31.1. The first kappa shape index (κ1) is 37.6. The molecule has 274 valence electrons. The Hall–Kier alpha value is -5.11. The monoisotopic (exact) mass is 728 g/mol. The summed E-state index contributed by atoms with van der Waals surface area (Å²) in [6.45, 7) is 13.7. The Morgan fingerprint density at radius 3 is 2.23 bits per heavy atom. The second-order valence-electron chi connectivity index (χ2n) is 14.1. The van der Waals surface area contributed by atoms with E-state index in [1.165, 1.54) is 22.3 Å². The zero-order valence-corrected chi connectivity index (χ0v) is 31.9. The fraction of sp³-hybridized carbons (Fsp3) is 0.289. The van der Waals surface area contributed by atoms with E-state index in [2.05, 4.69) is 109 Å². The first-order valence-electron chi connectivity index (χ1n) is 18.4. The lowest BCUT2D eigenvalue weighted by Crippen LogP contribution is -2.47. The van der Waals surface area contributed by atoms with Crippen LogP contribution in [0.2, 0.25) is 5.02 Å². The lowest BCUT2D eigenvalue weighted by atomic mass is 10.0. The number of anilines is 1. The van der Waals surface area contributed by atoms with Gasteiger partial charge in [-0.05, 0) is 96.0 Å². The molecule has 0 unspecified atom stereocenters. The van der Waals surface area contributed by atoms with E-state index in [1.807, 2.05) is 30.0 Å². The number of ether oxygens (including phenoxy) is 2. The molecular weight excluding hydrogens is 680 g/mol. The van der Waals surface area contributed by atoms with Crippen molar-refractivity contribution in [2.75, 3.05) is 38.0 Å². The Balaban J connectivity index is 0.922. The molecule has 0 atom stereocenters. The number of aromatic nitrogens is 1. The van der Waals surface area contributed by atoms with E-state index in [1.54, 1.807) is 24.4 Å². The minimum Gasteiger partial charge on any atom is -0.487 e. The third-order valence-corrected chi connectivity index (χ3v) is 9.83. The number of nitrogens with one attached hydrogen (secondary N) is 1. The number of carbonyl (C=O) groups excluding carboxylic acids is 1. The average Bonchev–Trinajstić information content (AvgIpc) is 3.17. The van der Waals surface area contributed by atoms with Gasteiger partial charge >= 0.3 is 0 Å². The number of halogens is 1. The summed E-state index contributed by atoms with van der Waals surface area (Å²) in [7, 11) is 0. The third-order valence-electron chi connectivity index (χ3n) is 9.55. The highest BCUT2D eigenvalue weighted by atomic mass is 35.5. The molecule has 1 aliphatic rings. The van der Waals surface area contributed by atoms with E-state index in [4.69, 9.17) is 21.1 Å². The minimum atomic E-state index is 0.00136. The number of carbonyl (C=O) groups is 1. The van der Waals surface area contributed by atoms with E-state index in [9.17, 15) is 4.79 Å². The van der Waals surface area contributed by atoms with E-state index in [0.29, 0.717) is 48.0 Å². The van der Waals surface area contributed by atoms with Gasteiger partial charge in [0.2, 0.25) is 11.8 Å². The molecule has 7 nitrogen and oxygen atoms in total. The predicted octanol–water partition coefficient (Wildman–Crippen LogP) is 9.86. The molecule has 1 aliphatic heterocycles. The van der Waals surface area contributed by atoms with Crippen molar-refractivity contribution in [1.82, 2.24) is 14.8 Å². The molecule has 0 aliphatic carbocycles. The van der Waals surface area contributed by atoms with Crippen molar-refractivity contribution in [3.8, 4) is 17.4 Å². The van der Waals surface area contributed by atoms with Gasteiger partial charge in [-0.3, -0.25) is 9.69 Å². The molecule has 0 spiro atoms. The van der Waals surface area contributed by atoms with Gasteiger partial charge in [0.15, 0.2) is 5.75 Å². The van der Waals surface area contributed by atoms with Crippen molar-refractivity contribution in [2.24, 2.45) is 0 Å². The molecule has 1 saturated heterocycles. The number of aryl methyl sites for hydroxylation is 2. The van der Waals surface area contributed by atoms with Crippen molar-refractivity contribution in [2.45, 2.75) is 53.2 Å².